The Labute approximate surface area is 114 Å². The van der Waals surface area contributed by atoms with Crippen molar-refractivity contribution in [2.45, 2.75) is 64.0 Å². The summed E-state index contributed by atoms with van der Waals surface area (Å²) >= 11 is 0. The minimum Gasteiger partial charge on any atom is -0.326 e. The van der Waals surface area contributed by atoms with Crippen LogP contribution in [0.3, 0.4) is 0 Å². The van der Waals surface area contributed by atoms with E-state index >= 15 is 0 Å². The molecule has 0 aliphatic heterocycles. The number of hydrogen-bond acceptors (Lipinski definition) is 2. The molecule has 0 saturated heterocycles. The Morgan fingerprint density at radius 2 is 1.95 bits per heavy atom. The van der Waals surface area contributed by atoms with Crippen molar-refractivity contribution in [1.82, 2.24) is 10.3 Å². The zero-order valence-corrected chi connectivity index (χ0v) is 11.7. The number of fused-ring (bicyclic) bond motifs is 1. The van der Waals surface area contributed by atoms with Gasteiger partial charge in [-0.1, -0.05) is 13.0 Å². The van der Waals surface area contributed by atoms with Crippen LogP contribution in [-0.2, 0) is 6.42 Å². The molecule has 19 heavy (non-hydrogen) atoms. The van der Waals surface area contributed by atoms with Crippen LogP contribution in [0.1, 0.15) is 62.7 Å². The molecule has 1 aromatic rings. The molecular formula is C16H24N2O. The van der Waals surface area contributed by atoms with E-state index in [2.05, 4.69) is 17.2 Å². The maximum absolute atomic E-state index is 11.4. The molecule has 0 bridgehead atoms. The van der Waals surface area contributed by atoms with Gasteiger partial charge in [0, 0.05) is 23.8 Å². The van der Waals surface area contributed by atoms with E-state index in [1.165, 1.54) is 44.1 Å². The highest BCUT2D eigenvalue weighted by Gasteiger charge is 2.25. The summed E-state index contributed by atoms with van der Waals surface area (Å²) in [6, 6.07) is 4.80. The Hall–Kier alpha value is -1.09. The summed E-state index contributed by atoms with van der Waals surface area (Å²) in [5.41, 5.74) is 2.51. The fourth-order valence-electron chi connectivity index (χ4n) is 3.58. The molecule has 3 rings (SSSR count). The molecule has 0 radical (unpaired) electrons. The van der Waals surface area contributed by atoms with E-state index in [9.17, 15) is 4.79 Å². The molecule has 1 saturated carbocycles. The van der Waals surface area contributed by atoms with Crippen molar-refractivity contribution < 1.29 is 0 Å². The second-order valence-corrected chi connectivity index (χ2v) is 6.32. The van der Waals surface area contributed by atoms with Gasteiger partial charge in [-0.15, -0.1) is 0 Å². The molecule has 1 fully saturated rings. The smallest absolute Gasteiger partial charge is 0.248 e. The van der Waals surface area contributed by atoms with Gasteiger partial charge in [-0.2, -0.15) is 0 Å². The SMILES string of the molecule is CC1CCC(NC2CCCc3[nH]c(=O)ccc32)CC1. The molecule has 3 nitrogen and oxygen atoms in total. The first kappa shape index (κ1) is 12.9. The highest BCUT2D eigenvalue weighted by Crippen LogP contribution is 2.31. The van der Waals surface area contributed by atoms with Gasteiger partial charge < -0.3 is 10.3 Å². The van der Waals surface area contributed by atoms with Crippen molar-refractivity contribution in [3.8, 4) is 0 Å². The van der Waals surface area contributed by atoms with Gasteiger partial charge in [0.25, 0.3) is 0 Å². The van der Waals surface area contributed by atoms with Crippen LogP contribution in [0.4, 0.5) is 0 Å². The molecule has 1 atom stereocenters. The largest absolute Gasteiger partial charge is 0.326 e. The van der Waals surface area contributed by atoms with Crippen LogP contribution >= 0.6 is 0 Å². The quantitative estimate of drug-likeness (QED) is 0.858. The fourth-order valence-corrected chi connectivity index (χ4v) is 3.58. The summed E-state index contributed by atoms with van der Waals surface area (Å²) in [6.07, 6.45) is 8.70. The topological polar surface area (TPSA) is 44.9 Å². The van der Waals surface area contributed by atoms with E-state index in [-0.39, 0.29) is 5.56 Å². The number of hydrogen-bond donors (Lipinski definition) is 2. The first-order valence-corrected chi connectivity index (χ1v) is 7.70. The molecular weight excluding hydrogens is 236 g/mol. The zero-order chi connectivity index (χ0) is 13.2. The lowest BCUT2D eigenvalue weighted by atomic mass is 9.85. The maximum atomic E-state index is 11.4. The summed E-state index contributed by atoms with van der Waals surface area (Å²) in [6.45, 7) is 2.36. The maximum Gasteiger partial charge on any atom is 0.248 e. The van der Waals surface area contributed by atoms with Crippen LogP contribution in [0, 0.1) is 5.92 Å². The first-order chi connectivity index (χ1) is 9.22. The molecule has 2 aliphatic carbocycles. The third-order valence-corrected chi connectivity index (χ3v) is 4.78. The van der Waals surface area contributed by atoms with Crippen molar-refractivity contribution in [2.75, 3.05) is 0 Å². The van der Waals surface area contributed by atoms with Crippen LogP contribution in [0.5, 0.6) is 0 Å². The van der Waals surface area contributed by atoms with Gasteiger partial charge in [-0.25, -0.2) is 0 Å². The van der Waals surface area contributed by atoms with Gasteiger partial charge in [0.2, 0.25) is 5.56 Å². The number of rotatable bonds is 2. The van der Waals surface area contributed by atoms with Crippen LogP contribution < -0.4 is 10.9 Å². The summed E-state index contributed by atoms with van der Waals surface area (Å²) in [7, 11) is 0. The highest BCUT2D eigenvalue weighted by molar-refractivity contribution is 5.26. The van der Waals surface area contributed by atoms with Gasteiger partial charge in [-0.05, 0) is 56.4 Å². The van der Waals surface area contributed by atoms with Crippen LogP contribution in [0.2, 0.25) is 0 Å². The Bertz CT molecular complexity index is 486. The second-order valence-electron chi connectivity index (χ2n) is 6.32. The zero-order valence-electron chi connectivity index (χ0n) is 11.7. The lowest BCUT2D eigenvalue weighted by Gasteiger charge is -2.33. The lowest BCUT2D eigenvalue weighted by molar-refractivity contribution is 0.277. The van der Waals surface area contributed by atoms with Gasteiger partial charge >= 0.3 is 0 Å². The van der Waals surface area contributed by atoms with Crippen molar-refractivity contribution in [3.05, 3.63) is 33.7 Å². The number of aromatic nitrogens is 1. The highest BCUT2D eigenvalue weighted by atomic mass is 16.1. The van der Waals surface area contributed by atoms with E-state index in [4.69, 9.17) is 0 Å². The molecule has 2 N–H and O–H groups in total. The molecule has 1 unspecified atom stereocenters. The molecule has 0 amide bonds. The molecule has 2 aliphatic rings. The number of H-pyrrole nitrogens is 1. The molecule has 0 spiro atoms. The third kappa shape index (κ3) is 2.92. The van der Waals surface area contributed by atoms with Gasteiger partial charge in [0.15, 0.2) is 0 Å². The van der Waals surface area contributed by atoms with E-state index in [1.807, 2.05) is 6.07 Å². The van der Waals surface area contributed by atoms with Crippen molar-refractivity contribution in [2.24, 2.45) is 5.92 Å². The summed E-state index contributed by atoms with van der Waals surface area (Å²) in [5, 5.41) is 3.83. The van der Waals surface area contributed by atoms with Gasteiger partial charge in [-0.3, -0.25) is 4.79 Å². The van der Waals surface area contributed by atoms with E-state index in [0.717, 1.165) is 18.0 Å². The predicted octanol–water partition coefficient (Wildman–Crippen LogP) is 2.92. The van der Waals surface area contributed by atoms with Gasteiger partial charge in [0.1, 0.15) is 0 Å². The molecule has 1 aromatic heterocycles. The van der Waals surface area contributed by atoms with Crippen molar-refractivity contribution in [3.63, 3.8) is 0 Å². The minimum absolute atomic E-state index is 0.0332. The minimum atomic E-state index is 0.0332. The Morgan fingerprint density at radius 1 is 1.16 bits per heavy atom. The Kier molecular flexibility index (Phi) is 3.74. The van der Waals surface area contributed by atoms with Crippen LogP contribution in [-0.4, -0.2) is 11.0 Å². The third-order valence-electron chi connectivity index (χ3n) is 4.78. The Morgan fingerprint density at radius 3 is 2.74 bits per heavy atom. The average molecular weight is 260 g/mol. The molecule has 104 valence electrons. The number of pyridine rings is 1. The summed E-state index contributed by atoms with van der Waals surface area (Å²) in [4.78, 5) is 14.4. The Balaban J connectivity index is 1.71. The molecule has 3 heteroatoms. The average Bonchev–Trinajstić information content (AvgIpc) is 2.41. The number of nitrogens with one attached hydrogen (secondary N) is 2. The summed E-state index contributed by atoms with van der Waals surface area (Å²) in [5.74, 6) is 0.896. The van der Waals surface area contributed by atoms with Crippen LogP contribution in [0.25, 0.3) is 0 Å². The number of aromatic amines is 1. The van der Waals surface area contributed by atoms with E-state index in [1.54, 1.807) is 6.07 Å². The van der Waals surface area contributed by atoms with E-state index < -0.39 is 0 Å². The molecule has 1 heterocycles. The normalized spacial score (nSPS) is 30.9. The van der Waals surface area contributed by atoms with Crippen molar-refractivity contribution in [1.29, 1.82) is 0 Å². The standard InChI is InChI=1S/C16H24N2O/c1-11-5-7-12(8-6-11)17-14-3-2-4-15-13(14)9-10-16(19)18-15/h9-12,14,17H,2-8H2,1H3,(H,18,19). The fraction of sp³-hybridized carbons (Fsp3) is 0.688. The van der Waals surface area contributed by atoms with E-state index in [0.29, 0.717) is 12.1 Å². The molecule has 0 aromatic carbocycles. The second kappa shape index (κ2) is 5.49. The first-order valence-electron chi connectivity index (χ1n) is 7.70. The van der Waals surface area contributed by atoms with Crippen LogP contribution in [0.15, 0.2) is 16.9 Å². The van der Waals surface area contributed by atoms with Gasteiger partial charge in [0.05, 0.1) is 0 Å². The lowest BCUT2D eigenvalue weighted by Crippen LogP contribution is -2.37. The summed E-state index contributed by atoms with van der Waals surface area (Å²) < 4.78 is 0. The van der Waals surface area contributed by atoms with Crippen molar-refractivity contribution >= 4 is 0 Å². The monoisotopic (exact) mass is 260 g/mol. The number of aryl methyl sites for hydroxylation is 1. The predicted molar refractivity (Wildman–Crippen MR) is 77.3 cm³/mol.